The molecule has 5 aromatic rings. The van der Waals surface area contributed by atoms with Gasteiger partial charge in [0.2, 0.25) is 0 Å². The molecule has 0 saturated carbocycles. The van der Waals surface area contributed by atoms with Gasteiger partial charge in [-0.2, -0.15) is 26.3 Å². The van der Waals surface area contributed by atoms with E-state index in [1.807, 2.05) is 126 Å². The van der Waals surface area contributed by atoms with Gasteiger partial charge in [0.1, 0.15) is 5.76 Å². The minimum absolute atomic E-state index is 0. The molecule has 0 unspecified atom stereocenters. The number of allylic oxidation sites excluding steroid dienone is 2. The molecule has 12 heteroatoms. The fraction of sp³-hybridized carbons (Fsp3) is 0.469. The molecule has 335 valence electrons. The van der Waals surface area contributed by atoms with Gasteiger partial charge in [-0.25, -0.2) is 4.39 Å². The van der Waals surface area contributed by atoms with E-state index in [2.05, 4.69) is 11.1 Å². The van der Waals surface area contributed by atoms with Gasteiger partial charge in [-0.05, 0) is 86.4 Å². The molecule has 5 rings (SSSR count). The van der Waals surface area contributed by atoms with E-state index in [9.17, 15) is 36.2 Å². The first-order chi connectivity index (χ1) is 27.6. The molecule has 0 bridgehead atoms. The van der Waals surface area contributed by atoms with E-state index in [-0.39, 0.29) is 63.9 Å². The van der Waals surface area contributed by atoms with E-state index in [0.717, 1.165) is 64.7 Å². The van der Waals surface area contributed by atoms with Crippen LogP contribution >= 0.6 is 11.3 Å². The summed E-state index contributed by atoms with van der Waals surface area (Å²) >= 11 is 1.02. The van der Waals surface area contributed by atoms with Crippen LogP contribution in [0.3, 0.4) is 0 Å². The summed E-state index contributed by atoms with van der Waals surface area (Å²) in [6.45, 7) is 25.1. The fourth-order valence-corrected chi connectivity index (χ4v) is 9.12. The maximum absolute atomic E-state index is 15.7. The molecule has 0 spiro atoms. The summed E-state index contributed by atoms with van der Waals surface area (Å²) in [4.78, 5) is 16.8. The Kier molecular flexibility index (Phi) is 15.8. The van der Waals surface area contributed by atoms with Crippen LogP contribution in [-0.2, 0) is 36.0 Å². The number of thiophene rings is 1. The second-order valence-electron chi connectivity index (χ2n) is 17.5. The first-order valence-corrected chi connectivity index (χ1v) is 21.1. The van der Waals surface area contributed by atoms with Gasteiger partial charge in [-0.15, -0.1) is 40.5 Å². The molecular formula is C49H57F7IrNO2S-. The van der Waals surface area contributed by atoms with Crippen LogP contribution in [0.15, 0.2) is 60.5 Å². The van der Waals surface area contributed by atoms with Gasteiger partial charge in [0, 0.05) is 64.0 Å². The van der Waals surface area contributed by atoms with Crippen LogP contribution in [-0.4, -0.2) is 28.2 Å². The number of carbonyl (C=O) groups excluding carboxylic acids is 1. The Labute approximate surface area is 373 Å². The van der Waals surface area contributed by atoms with Crippen molar-refractivity contribution >= 4 is 38.0 Å². The number of hydrogen-bond acceptors (Lipinski definition) is 4. The largest absolute Gasteiger partial charge is 0.512 e. The Bertz CT molecular complexity index is 2380. The monoisotopic (exact) mass is 1050 g/mol. The molecule has 0 atom stereocenters. The number of carbonyl (C=O) groups is 1. The Morgan fingerprint density at radius 2 is 1.28 bits per heavy atom. The minimum atomic E-state index is -6.28. The number of aliphatic hydroxyl groups is 1. The van der Waals surface area contributed by atoms with Gasteiger partial charge < -0.3 is 5.11 Å². The number of fused-ring (bicyclic) bond motifs is 2. The molecular weight excluding hydrogens is 992 g/mol. The summed E-state index contributed by atoms with van der Waals surface area (Å²) in [5, 5.41) is 11.3. The number of benzene rings is 3. The fourth-order valence-electron chi connectivity index (χ4n) is 7.61. The third kappa shape index (κ3) is 9.82. The Hall–Kier alpha value is -3.60. The molecule has 0 aliphatic carbocycles. The zero-order valence-corrected chi connectivity index (χ0v) is 40.4. The molecule has 61 heavy (non-hydrogen) atoms. The van der Waals surface area contributed by atoms with E-state index in [1.54, 1.807) is 0 Å². The van der Waals surface area contributed by atoms with Gasteiger partial charge in [0.25, 0.3) is 0 Å². The van der Waals surface area contributed by atoms with Crippen LogP contribution < -0.4 is 0 Å². The Morgan fingerprint density at radius 3 is 1.75 bits per heavy atom. The van der Waals surface area contributed by atoms with E-state index < -0.39 is 29.0 Å². The van der Waals surface area contributed by atoms with Gasteiger partial charge in [-0.1, -0.05) is 109 Å². The number of rotatable bonds is 10. The Balaban J connectivity index is 0.000000469. The van der Waals surface area contributed by atoms with Gasteiger partial charge >= 0.3 is 18.0 Å². The van der Waals surface area contributed by atoms with Crippen molar-refractivity contribution in [3.05, 3.63) is 99.9 Å². The van der Waals surface area contributed by atoms with Crippen LogP contribution in [0.5, 0.6) is 0 Å². The molecule has 0 fully saturated rings. The van der Waals surface area contributed by atoms with Crippen LogP contribution in [0.25, 0.3) is 42.6 Å². The number of aryl methyl sites for hydroxylation is 4. The average molecular weight is 1050 g/mol. The average Bonchev–Trinajstić information content (AvgIpc) is 3.50. The van der Waals surface area contributed by atoms with Crippen molar-refractivity contribution in [3.8, 4) is 21.7 Å². The van der Waals surface area contributed by atoms with Crippen molar-refractivity contribution in [1.29, 1.82) is 0 Å². The van der Waals surface area contributed by atoms with Crippen molar-refractivity contribution in [2.24, 2.45) is 10.8 Å². The van der Waals surface area contributed by atoms with Crippen molar-refractivity contribution in [1.82, 2.24) is 4.98 Å². The topological polar surface area (TPSA) is 50.2 Å². The van der Waals surface area contributed by atoms with E-state index >= 15 is 4.39 Å². The summed E-state index contributed by atoms with van der Waals surface area (Å²) in [6.07, 6.45) is -7.40. The first kappa shape index (κ1) is 51.7. The molecule has 2 aromatic heterocycles. The third-order valence-electron chi connectivity index (χ3n) is 12.5. The summed E-state index contributed by atoms with van der Waals surface area (Å²) in [5.41, 5.74) is -3.36. The number of nitrogens with zero attached hydrogens (tertiary/aromatic N) is 1. The number of ketones is 1. The van der Waals surface area contributed by atoms with Gasteiger partial charge in [0.05, 0.1) is 0 Å². The van der Waals surface area contributed by atoms with E-state index in [1.165, 1.54) is 13.0 Å². The number of aromatic nitrogens is 1. The predicted octanol–water partition coefficient (Wildman–Crippen LogP) is 16.1. The number of aliphatic hydroxyl groups excluding tert-OH is 1. The van der Waals surface area contributed by atoms with Gasteiger partial charge in [0.15, 0.2) is 5.78 Å². The first-order valence-electron chi connectivity index (χ1n) is 20.3. The normalized spacial score (nSPS) is 13.3. The Morgan fingerprint density at radius 1 is 0.770 bits per heavy atom. The smallest absolute Gasteiger partial charge is 0.436 e. The second-order valence-corrected chi connectivity index (χ2v) is 18.6. The van der Waals surface area contributed by atoms with Crippen LogP contribution in [0, 0.1) is 44.6 Å². The maximum Gasteiger partial charge on any atom is 0.436 e. The molecule has 3 nitrogen and oxygen atoms in total. The minimum Gasteiger partial charge on any atom is -0.512 e. The molecule has 0 saturated heterocycles. The maximum atomic E-state index is 15.7. The quantitative estimate of drug-likeness (QED) is 0.0656. The summed E-state index contributed by atoms with van der Waals surface area (Å²) in [6, 6.07) is 16.3. The molecule has 0 aliphatic rings. The zero-order chi connectivity index (χ0) is 45.6. The molecule has 2 heterocycles. The van der Waals surface area contributed by atoms with E-state index in [4.69, 9.17) is 0 Å². The molecule has 0 aliphatic heterocycles. The number of pyridine rings is 1. The predicted molar refractivity (Wildman–Crippen MR) is 232 cm³/mol. The number of hydrogen-bond donors (Lipinski definition) is 1. The molecule has 1 N–H and O–H groups in total. The summed E-state index contributed by atoms with van der Waals surface area (Å²) in [5.74, 6) is 0.286. The number of halogens is 7. The number of alkyl halides is 7. The zero-order valence-electron chi connectivity index (χ0n) is 37.2. The SMILES string of the molecule is CCC(C)(CC)C(=O)/C=C(\O)C(C)(CC)CC.Cc1cc(C)c(-c2sc3c(-c4[c-]c5ccccc5c(C(C)(C)C)c4)ncc(C(F)(C(F)(F)F)C(F)(F)F)c3c2C)c(C)c1.[Ir]. The van der Waals surface area contributed by atoms with Crippen molar-refractivity contribution < 1.29 is 60.7 Å². The summed E-state index contributed by atoms with van der Waals surface area (Å²) < 4.78 is 100. The molecule has 3 aromatic carbocycles. The second kappa shape index (κ2) is 18.6. The van der Waals surface area contributed by atoms with Gasteiger partial charge in [-0.3, -0.25) is 9.78 Å². The van der Waals surface area contributed by atoms with Crippen molar-refractivity contribution in [3.63, 3.8) is 0 Å². The van der Waals surface area contributed by atoms with E-state index in [0.29, 0.717) is 27.6 Å². The standard InChI is InChI=1S/C34H29F7NS.C15H28O2.Ir/c1-17-12-18(2)26(19(3)13-17)29-20(4)27-25(32(35,33(36,37)38)34(39,40)41)16-42-28(30(27)43-29)22-14-21-10-8-9-11-23(21)24(15-22)31(5,6)7;1-7-14(5,8-2)12(16)11-13(17)15(6,9-3)10-4;/h8-13,15-16H,1-7H3;11,16H,7-10H2,1-6H3;/q-1;;/b;12-11-;. The molecule has 1 radical (unpaired) electrons. The van der Waals surface area contributed by atoms with Crippen LogP contribution in [0.2, 0.25) is 0 Å². The third-order valence-corrected chi connectivity index (χ3v) is 13.8. The van der Waals surface area contributed by atoms with Crippen LogP contribution in [0.4, 0.5) is 30.7 Å². The molecule has 0 amide bonds. The van der Waals surface area contributed by atoms with Crippen molar-refractivity contribution in [2.45, 2.75) is 139 Å². The summed E-state index contributed by atoms with van der Waals surface area (Å²) in [7, 11) is 0. The van der Waals surface area contributed by atoms with Crippen LogP contribution in [0.1, 0.15) is 121 Å². The van der Waals surface area contributed by atoms with Crippen molar-refractivity contribution in [2.75, 3.05) is 0 Å².